The number of para-hydroxylation sites is 1. The Kier molecular flexibility index (Phi) is 7.55. The summed E-state index contributed by atoms with van der Waals surface area (Å²) < 4.78 is 1.54. The van der Waals surface area contributed by atoms with E-state index in [1.807, 2.05) is 71.4 Å². The first-order chi connectivity index (χ1) is 20.1. The number of hydrogen-bond acceptors (Lipinski definition) is 6. The standard InChI is InChI=1S/C31H28N6O3S/c38-28(19-36-27-9-5-4-8-26(27)34-35-36)37(25-14-12-24(13-15-25)33-30(39)22-10-11-22)29(23-16-17-41-20-23)31(40)32-18-21-6-2-1-3-7-21/h1-9,12-17,20,22,29H,10-11,18-19H2,(H,32,40)(H,33,39). The molecule has 1 unspecified atom stereocenters. The number of hydrogen-bond donors (Lipinski definition) is 2. The average Bonchev–Trinajstić information content (AvgIpc) is 3.58. The number of benzene rings is 3. The summed E-state index contributed by atoms with van der Waals surface area (Å²) in [6.07, 6.45) is 1.81. The highest BCUT2D eigenvalue weighted by atomic mass is 32.1. The molecule has 1 aliphatic carbocycles. The first-order valence-electron chi connectivity index (χ1n) is 13.4. The molecule has 0 radical (unpaired) electrons. The Hall–Kier alpha value is -4.83. The number of thiophene rings is 1. The van der Waals surface area contributed by atoms with E-state index < -0.39 is 6.04 Å². The molecule has 3 amide bonds. The van der Waals surface area contributed by atoms with Gasteiger partial charge in [0.2, 0.25) is 17.7 Å². The van der Waals surface area contributed by atoms with Crippen LogP contribution < -0.4 is 15.5 Å². The molecule has 3 aromatic carbocycles. The number of amides is 3. The summed E-state index contributed by atoms with van der Waals surface area (Å²) in [6.45, 7) is 0.204. The van der Waals surface area contributed by atoms with Gasteiger partial charge in [-0.1, -0.05) is 47.7 Å². The van der Waals surface area contributed by atoms with Gasteiger partial charge in [-0.05, 0) is 77.2 Å². The van der Waals surface area contributed by atoms with Crippen molar-refractivity contribution in [3.63, 3.8) is 0 Å². The zero-order valence-corrected chi connectivity index (χ0v) is 23.0. The molecule has 0 aliphatic heterocycles. The summed E-state index contributed by atoms with van der Waals surface area (Å²) in [7, 11) is 0. The van der Waals surface area contributed by atoms with Crippen LogP contribution in [0.1, 0.15) is 30.0 Å². The molecule has 1 saturated carbocycles. The van der Waals surface area contributed by atoms with Crippen LogP contribution in [-0.4, -0.2) is 32.7 Å². The Labute approximate surface area is 240 Å². The SMILES string of the molecule is O=C(Nc1ccc(N(C(=O)Cn2nnc3ccccc32)C(C(=O)NCc2ccccc2)c2ccsc2)cc1)C1CC1. The van der Waals surface area contributed by atoms with Crippen LogP contribution in [0.15, 0.2) is 95.7 Å². The Morgan fingerprint density at radius 2 is 1.71 bits per heavy atom. The van der Waals surface area contributed by atoms with Crippen molar-refractivity contribution in [1.29, 1.82) is 0 Å². The van der Waals surface area contributed by atoms with Crippen molar-refractivity contribution in [2.75, 3.05) is 10.2 Å². The molecule has 10 heteroatoms. The molecule has 5 aromatic rings. The van der Waals surface area contributed by atoms with Crippen molar-refractivity contribution in [3.8, 4) is 0 Å². The van der Waals surface area contributed by atoms with Gasteiger partial charge in [0, 0.05) is 23.8 Å². The number of carbonyl (C=O) groups is 3. The van der Waals surface area contributed by atoms with Crippen LogP contribution in [0.5, 0.6) is 0 Å². The number of nitrogens with zero attached hydrogens (tertiary/aromatic N) is 4. The zero-order valence-electron chi connectivity index (χ0n) is 22.1. The van der Waals surface area contributed by atoms with Crippen LogP contribution in [0.2, 0.25) is 0 Å². The van der Waals surface area contributed by atoms with Crippen molar-refractivity contribution in [1.82, 2.24) is 20.3 Å². The van der Waals surface area contributed by atoms with Crippen LogP contribution in [0.4, 0.5) is 11.4 Å². The topological polar surface area (TPSA) is 109 Å². The van der Waals surface area contributed by atoms with Crippen LogP contribution in [0.25, 0.3) is 11.0 Å². The van der Waals surface area contributed by atoms with E-state index in [4.69, 9.17) is 0 Å². The van der Waals surface area contributed by atoms with Crippen LogP contribution >= 0.6 is 11.3 Å². The molecular formula is C31H28N6O3S. The largest absolute Gasteiger partial charge is 0.350 e. The molecule has 0 saturated heterocycles. The molecule has 0 spiro atoms. The van der Waals surface area contributed by atoms with E-state index in [0.29, 0.717) is 29.0 Å². The van der Waals surface area contributed by atoms with Crippen molar-refractivity contribution in [2.24, 2.45) is 5.92 Å². The van der Waals surface area contributed by atoms with E-state index in [-0.39, 0.29) is 30.2 Å². The molecule has 1 atom stereocenters. The third-order valence-electron chi connectivity index (χ3n) is 7.01. The summed E-state index contributed by atoms with van der Waals surface area (Å²) in [6, 6.07) is 25.0. The third-order valence-corrected chi connectivity index (χ3v) is 7.71. The van der Waals surface area contributed by atoms with Gasteiger partial charge in [0.05, 0.1) is 5.52 Å². The van der Waals surface area contributed by atoms with Crippen LogP contribution in [0.3, 0.4) is 0 Å². The zero-order chi connectivity index (χ0) is 28.2. The maximum absolute atomic E-state index is 14.1. The van der Waals surface area contributed by atoms with Gasteiger partial charge in [-0.2, -0.15) is 11.3 Å². The van der Waals surface area contributed by atoms with Gasteiger partial charge < -0.3 is 10.6 Å². The molecule has 1 fully saturated rings. The van der Waals surface area contributed by atoms with Gasteiger partial charge >= 0.3 is 0 Å². The van der Waals surface area contributed by atoms with Crippen molar-refractivity contribution < 1.29 is 14.4 Å². The lowest BCUT2D eigenvalue weighted by Gasteiger charge is -2.31. The summed E-state index contributed by atoms with van der Waals surface area (Å²) in [5, 5.41) is 18.1. The molecule has 6 rings (SSSR count). The van der Waals surface area contributed by atoms with E-state index in [1.54, 1.807) is 28.9 Å². The fraction of sp³-hybridized carbons (Fsp3) is 0.194. The van der Waals surface area contributed by atoms with E-state index in [2.05, 4.69) is 20.9 Å². The highest BCUT2D eigenvalue weighted by molar-refractivity contribution is 7.08. The second-order valence-corrected chi connectivity index (χ2v) is 10.8. The number of anilines is 2. The van der Waals surface area contributed by atoms with Gasteiger partial charge in [0.1, 0.15) is 18.1 Å². The summed E-state index contributed by atoms with van der Waals surface area (Å²) in [5.74, 6) is -0.571. The molecule has 206 valence electrons. The fourth-order valence-electron chi connectivity index (χ4n) is 4.70. The van der Waals surface area contributed by atoms with Gasteiger partial charge in [-0.3, -0.25) is 19.3 Å². The Bertz CT molecular complexity index is 1660. The normalized spacial score (nSPS) is 13.5. The third kappa shape index (κ3) is 6.02. The maximum Gasteiger partial charge on any atom is 0.249 e. The van der Waals surface area contributed by atoms with Gasteiger partial charge in [-0.15, -0.1) is 5.10 Å². The lowest BCUT2D eigenvalue weighted by atomic mass is 10.1. The van der Waals surface area contributed by atoms with Gasteiger partial charge in [-0.25, -0.2) is 4.68 Å². The fourth-order valence-corrected chi connectivity index (χ4v) is 5.38. The smallest absolute Gasteiger partial charge is 0.249 e. The van der Waals surface area contributed by atoms with E-state index in [9.17, 15) is 14.4 Å². The molecule has 9 nitrogen and oxygen atoms in total. The lowest BCUT2D eigenvalue weighted by Crippen LogP contribution is -2.45. The van der Waals surface area contributed by atoms with E-state index >= 15 is 0 Å². The highest BCUT2D eigenvalue weighted by Crippen LogP contribution is 2.33. The quantitative estimate of drug-likeness (QED) is 0.250. The molecular weight excluding hydrogens is 536 g/mol. The van der Waals surface area contributed by atoms with Gasteiger partial charge in [0.25, 0.3) is 0 Å². The number of fused-ring (bicyclic) bond motifs is 1. The maximum atomic E-state index is 14.1. The number of carbonyl (C=O) groups excluding carboxylic acids is 3. The first-order valence-corrected chi connectivity index (χ1v) is 14.4. The minimum absolute atomic E-state index is 0.000169. The van der Waals surface area contributed by atoms with E-state index in [0.717, 1.165) is 23.9 Å². The lowest BCUT2D eigenvalue weighted by molar-refractivity contribution is -0.127. The first kappa shape index (κ1) is 26.4. The van der Waals surface area contributed by atoms with E-state index in [1.165, 1.54) is 16.2 Å². The second-order valence-electron chi connectivity index (χ2n) is 9.97. The average molecular weight is 565 g/mol. The monoisotopic (exact) mass is 564 g/mol. The Morgan fingerprint density at radius 1 is 0.951 bits per heavy atom. The molecule has 2 heterocycles. The predicted molar refractivity (Wildman–Crippen MR) is 158 cm³/mol. The second kappa shape index (κ2) is 11.7. The Balaban J connectivity index is 1.34. The van der Waals surface area contributed by atoms with Crippen molar-refractivity contribution in [2.45, 2.75) is 32.0 Å². The molecule has 41 heavy (non-hydrogen) atoms. The summed E-state index contributed by atoms with van der Waals surface area (Å²) >= 11 is 1.46. The van der Waals surface area contributed by atoms with Crippen molar-refractivity contribution >= 4 is 51.5 Å². The minimum Gasteiger partial charge on any atom is -0.350 e. The molecule has 1 aliphatic rings. The minimum atomic E-state index is -0.931. The molecule has 2 aromatic heterocycles. The summed E-state index contributed by atoms with van der Waals surface area (Å²) in [5.41, 5.74) is 4.21. The van der Waals surface area contributed by atoms with Crippen LogP contribution in [-0.2, 0) is 27.5 Å². The predicted octanol–water partition coefficient (Wildman–Crippen LogP) is 4.93. The van der Waals surface area contributed by atoms with Crippen molar-refractivity contribution in [3.05, 3.63) is 107 Å². The summed E-state index contributed by atoms with van der Waals surface area (Å²) in [4.78, 5) is 41.8. The number of aromatic nitrogens is 3. The molecule has 0 bridgehead atoms. The number of rotatable bonds is 10. The van der Waals surface area contributed by atoms with Gasteiger partial charge in [0.15, 0.2) is 0 Å². The Morgan fingerprint density at radius 3 is 2.44 bits per heavy atom. The molecule has 2 N–H and O–H groups in total. The highest BCUT2D eigenvalue weighted by Gasteiger charge is 2.34. The van der Waals surface area contributed by atoms with Crippen LogP contribution in [0, 0.1) is 5.92 Å². The number of nitrogens with one attached hydrogen (secondary N) is 2.